The molecule has 1 aromatic carbocycles. The standard InChI is InChI=1S/C22H29N5O3/c1-6-15(4)25-18(28)12-26-16(5)19(21(29)30-7-2)20(27-22(26)23-13-24-27)17-10-8-14(3)9-11-17/h8-11,13,15,20H,6-7,12H2,1-5H3,(H,25,28)/t15-,20+/m0/s1. The summed E-state index contributed by atoms with van der Waals surface area (Å²) in [5, 5.41) is 7.35. The average Bonchev–Trinajstić information content (AvgIpc) is 3.19. The number of aromatic nitrogens is 3. The highest BCUT2D eigenvalue weighted by molar-refractivity contribution is 5.93. The van der Waals surface area contributed by atoms with Crippen LogP contribution in [0.3, 0.4) is 0 Å². The molecule has 1 amide bonds. The predicted octanol–water partition coefficient (Wildman–Crippen LogP) is 2.75. The Morgan fingerprint density at radius 1 is 1.20 bits per heavy atom. The lowest BCUT2D eigenvalue weighted by Crippen LogP contribution is -2.44. The number of carbonyl (C=O) groups excluding carboxylic acids is 2. The van der Waals surface area contributed by atoms with Gasteiger partial charge in [0.1, 0.15) is 18.9 Å². The van der Waals surface area contributed by atoms with Crippen LogP contribution in [0, 0.1) is 6.92 Å². The number of amides is 1. The number of hydrogen-bond acceptors (Lipinski definition) is 6. The second-order valence-electron chi connectivity index (χ2n) is 7.50. The zero-order valence-corrected chi connectivity index (χ0v) is 18.2. The molecule has 0 radical (unpaired) electrons. The molecule has 1 aliphatic heterocycles. The number of carbonyl (C=O) groups is 2. The van der Waals surface area contributed by atoms with E-state index in [0.717, 1.165) is 17.5 Å². The van der Waals surface area contributed by atoms with E-state index < -0.39 is 12.0 Å². The molecule has 2 atom stereocenters. The molecule has 2 heterocycles. The second kappa shape index (κ2) is 9.11. The smallest absolute Gasteiger partial charge is 0.338 e. The topological polar surface area (TPSA) is 89.3 Å². The number of ether oxygens (including phenoxy) is 1. The zero-order valence-electron chi connectivity index (χ0n) is 18.2. The molecule has 0 spiro atoms. The number of nitrogens with one attached hydrogen (secondary N) is 1. The fourth-order valence-electron chi connectivity index (χ4n) is 3.52. The van der Waals surface area contributed by atoms with E-state index in [2.05, 4.69) is 15.4 Å². The van der Waals surface area contributed by atoms with Crippen molar-refractivity contribution in [1.82, 2.24) is 20.1 Å². The third kappa shape index (κ3) is 4.22. The third-order valence-corrected chi connectivity index (χ3v) is 5.32. The summed E-state index contributed by atoms with van der Waals surface area (Å²) in [4.78, 5) is 31.7. The molecule has 0 aliphatic carbocycles. The maximum Gasteiger partial charge on any atom is 0.338 e. The lowest BCUT2D eigenvalue weighted by molar-refractivity contribution is -0.139. The molecule has 3 rings (SSSR count). The second-order valence-corrected chi connectivity index (χ2v) is 7.50. The van der Waals surface area contributed by atoms with Crippen molar-refractivity contribution in [3.05, 3.63) is 53.0 Å². The molecule has 30 heavy (non-hydrogen) atoms. The van der Waals surface area contributed by atoms with Gasteiger partial charge in [-0.05, 0) is 39.7 Å². The molecular weight excluding hydrogens is 382 g/mol. The molecule has 0 saturated heterocycles. The van der Waals surface area contributed by atoms with Crippen molar-refractivity contribution in [1.29, 1.82) is 0 Å². The van der Waals surface area contributed by atoms with Crippen molar-refractivity contribution in [2.24, 2.45) is 0 Å². The summed E-state index contributed by atoms with van der Waals surface area (Å²) in [6, 6.07) is 7.53. The fourth-order valence-corrected chi connectivity index (χ4v) is 3.52. The average molecular weight is 412 g/mol. The van der Waals surface area contributed by atoms with Crippen LogP contribution in [0.5, 0.6) is 0 Å². The lowest BCUT2D eigenvalue weighted by Gasteiger charge is -2.35. The number of hydrogen-bond donors (Lipinski definition) is 1. The molecule has 1 aliphatic rings. The van der Waals surface area contributed by atoms with Crippen LogP contribution in [0.2, 0.25) is 0 Å². The van der Waals surface area contributed by atoms with E-state index >= 15 is 0 Å². The number of rotatable bonds is 7. The number of aryl methyl sites for hydroxylation is 1. The molecule has 1 aromatic heterocycles. The van der Waals surface area contributed by atoms with E-state index in [1.165, 1.54) is 6.33 Å². The molecule has 160 valence electrons. The summed E-state index contributed by atoms with van der Waals surface area (Å²) < 4.78 is 7.05. The van der Waals surface area contributed by atoms with Gasteiger partial charge in [0.2, 0.25) is 11.9 Å². The first kappa shape index (κ1) is 21.5. The first-order chi connectivity index (χ1) is 14.4. The molecule has 0 saturated carbocycles. The quantitative estimate of drug-likeness (QED) is 0.705. The molecule has 8 nitrogen and oxygen atoms in total. The molecule has 1 N–H and O–H groups in total. The highest BCUT2D eigenvalue weighted by atomic mass is 16.5. The van der Waals surface area contributed by atoms with Gasteiger partial charge in [0, 0.05) is 11.7 Å². The number of esters is 1. The summed E-state index contributed by atoms with van der Waals surface area (Å²) in [6.45, 7) is 9.87. The Morgan fingerprint density at radius 3 is 2.53 bits per heavy atom. The van der Waals surface area contributed by atoms with Crippen molar-refractivity contribution >= 4 is 17.8 Å². The van der Waals surface area contributed by atoms with Crippen LogP contribution >= 0.6 is 0 Å². The SMILES string of the molecule is CCOC(=O)C1=C(C)N(CC(=O)N[C@@H](C)CC)c2ncnn2[C@@H]1c1ccc(C)cc1. The zero-order chi connectivity index (χ0) is 21.8. The van der Waals surface area contributed by atoms with Gasteiger partial charge in [0.25, 0.3) is 0 Å². The maximum absolute atomic E-state index is 13.0. The van der Waals surface area contributed by atoms with Gasteiger partial charge >= 0.3 is 5.97 Å². The Hall–Kier alpha value is -3.16. The van der Waals surface area contributed by atoms with Gasteiger partial charge in [-0.2, -0.15) is 10.1 Å². The predicted molar refractivity (Wildman–Crippen MR) is 114 cm³/mol. The van der Waals surface area contributed by atoms with Crippen molar-refractivity contribution in [3.8, 4) is 0 Å². The van der Waals surface area contributed by atoms with Crippen molar-refractivity contribution in [3.63, 3.8) is 0 Å². The van der Waals surface area contributed by atoms with Gasteiger partial charge in [0.05, 0.1) is 12.2 Å². The van der Waals surface area contributed by atoms with Crippen LogP contribution in [-0.4, -0.2) is 45.8 Å². The van der Waals surface area contributed by atoms with Gasteiger partial charge in [-0.3, -0.25) is 4.79 Å². The minimum atomic E-state index is -0.476. The molecule has 0 unspecified atom stereocenters. The van der Waals surface area contributed by atoms with Crippen LogP contribution in [0.1, 0.15) is 51.3 Å². The van der Waals surface area contributed by atoms with E-state index in [1.807, 2.05) is 52.0 Å². The van der Waals surface area contributed by atoms with E-state index in [-0.39, 0.29) is 25.1 Å². The van der Waals surface area contributed by atoms with Crippen LogP contribution < -0.4 is 10.2 Å². The van der Waals surface area contributed by atoms with Gasteiger partial charge in [0.15, 0.2) is 0 Å². The van der Waals surface area contributed by atoms with Gasteiger partial charge in [-0.1, -0.05) is 36.8 Å². The molecule has 2 aromatic rings. The van der Waals surface area contributed by atoms with Crippen LogP contribution in [0.15, 0.2) is 41.9 Å². The van der Waals surface area contributed by atoms with Crippen molar-refractivity contribution in [2.75, 3.05) is 18.1 Å². The van der Waals surface area contributed by atoms with Crippen molar-refractivity contribution in [2.45, 2.75) is 53.1 Å². The Morgan fingerprint density at radius 2 is 1.90 bits per heavy atom. The first-order valence-electron chi connectivity index (χ1n) is 10.3. The van der Waals surface area contributed by atoms with Gasteiger partial charge < -0.3 is 15.0 Å². The van der Waals surface area contributed by atoms with Crippen molar-refractivity contribution < 1.29 is 14.3 Å². The van der Waals surface area contributed by atoms with Crippen LogP contribution in [0.4, 0.5) is 5.95 Å². The number of fused-ring (bicyclic) bond motifs is 1. The van der Waals surface area contributed by atoms with E-state index in [1.54, 1.807) is 16.5 Å². The lowest BCUT2D eigenvalue weighted by atomic mass is 9.94. The number of anilines is 1. The maximum atomic E-state index is 13.0. The minimum Gasteiger partial charge on any atom is -0.463 e. The highest BCUT2D eigenvalue weighted by Gasteiger charge is 2.38. The van der Waals surface area contributed by atoms with Crippen LogP contribution in [-0.2, 0) is 14.3 Å². The molecular formula is C22H29N5O3. The van der Waals surface area contributed by atoms with E-state index in [0.29, 0.717) is 17.2 Å². The monoisotopic (exact) mass is 411 g/mol. The number of nitrogens with zero attached hydrogens (tertiary/aromatic N) is 4. The minimum absolute atomic E-state index is 0.0401. The van der Waals surface area contributed by atoms with Crippen LogP contribution in [0.25, 0.3) is 0 Å². The Balaban J connectivity index is 2.07. The summed E-state index contributed by atoms with van der Waals surface area (Å²) in [5.74, 6) is -0.0465. The Labute approximate surface area is 176 Å². The fraction of sp³-hybridized carbons (Fsp3) is 0.455. The Bertz CT molecular complexity index is 948. The molecule has 0 fully saturated rings. The summed E-state index contributed by atoms with van der Waals surface area (Å²) in [7, 11) is 0. The Kier molecular flexibility index (Phi) is 6.54. The van der Waals surface area contributed by atoms with Gasteiger partial charge in [-0.15, -0.1) is 0 Å². The first-order valence-corrected chi connectivity index (χ1v) is 10.3. The summed E-state index contributed by atoms with van der Waals surface area (Å²) in [6.07, 6.45) is 2.28. The third-order valence-electron chi connectivity index (χ3n) is 5.32. The van der Waals surface area contributed by atoms with Gasteiger partial charge in [-0.25, -0.2) is 9.48 Å². The normalized spacial score (nSPS) is 16.8. The summed E-state index contributed by atoms with van der Waals surface area (Å²) >= 11 is 0. The highest BCUT2D eigenvalue weighted by Crippen LogP contribution is 2.38. The number of benzene rings is 1. The number of allylic oxidation sites excluding steroid dienone is 1. The largest absolute Gasteiger partial charge is 0.463 e. The summed E-state index contributed by atoms with van der Waals surface area (Å²) in [5.41, 5.74) is 3.11. The van der Waals surface area contributed by atoms with E-state index in [4.69, 9.17) is 4.74 Å². The molecule has 0 bridgehead atoms. The van der Waals surface area contributed by atoms with E-state index in [9.17, 15) is 9.59 Å². The molecule has 8 heteroatoms.